The lowest BCUT2D eigenvalue weighted by Crippen LogP contribution is -2.31. The van der Waals surface area contributed by atoms with Gasteiger partial charge >= 0.3 is 0 Å². The van der Waals surface area contributed by atoms with Crippen LogP contribution in [0.15, 0.2) is 42.5 Å². The standard InChI is InChI=1S/C17H17F2N/c1-11(20)17(8-9-17)12-6-7-16(19)14(10-12)13-4-2-3-5-15(13)18/h2-7,10-11H,8-9,20H2,1H3. The molecule has 2 aromatic rings. The molecule has 20 heavy (non-hydrogen) atoms. The molecule has 0 aliphatic heterocycles. The van der Waals surface area contributed by atoms with Crippen LogP contribution in [0.5, 0.6) is 0 Å². The third kappa shape index (κ3) is 2.02. The summed E-state index contributed by atoms with van der Waals surface area (Å²) >= 11 is 0. The fraction of sp³-hybridized carbons (Fsp3) is 0.294. The molecule has 0 radical (unpaired) electrons. The Hall–Kier alpha value is -1.74. The van der Waals surface area contributed by atoms with Crippen molar-refractivity contribution in [1.82, 2.24) is 0 Å². The summed E-state index contributed by atoms with van der Waals surface area (Å²) in [5.74, 6) is -0.812. The van der Waals surface area contributed by atoms with Gasteiger partial charge in [0.1, 0.15) is 11.6 Å². The highest BCUT2D eigenvalue weighted by molar-refractivity contribution is 5.66. The van der Waals surface area contributed by atoms with E-state index in [1.165, 1.54) is 12.1 Å². The highest BCUT2D eigenvalue weighted by Gasteiger charge is 2.47. The maximum atomic E-state index is 14.0. The molecule has 3 heteroatoms. The van der Waals surface area contributed by atoms with E-state index in [1.807, 2.05) is 6.92 Å². The van der Waals surface area contributed by atoms with Gasteiger partial charge in [-0.1, -0.05) is 24.3 Å². The van der Waals surface area contributed by atoms with E-state index in [9.17, 15) is 8.78 Å². The van der Waals surface area contributed by atoms with Crippen LogP contribution in [0.4, 0.5) is 8.78 Å². The maximum absolute atomic E-state index is 14.0. The highest BCUT2D eigenvalue weighted by Crippen LogP contribution is 2.51. The quantitative estimate of drug-likeness (QED) is 0.898. The number of hydrogen-bond acceptors (Lipinski definition) is 1. The monoisotopic (exact) mass is 273 g/mol. The molecule has 1 atom stereocenters. The average molecular weight is 273 g/mol. The second kappa shape index (κ2) is 4.67. The van der Waals surface area contributed by atoms with Crippen molar-refractivity contribution in [2.24, 2.45) is 5.73 Å². The van der Waals surface area contributed by atoms with E-state index in [0.29, 0.717) is 11.1 Å². The van der Waals surface area contributed by atoms with Gasteiger partial charge in [0, 0.05) is 22.6 Å². The van der Waals surface area contributed by atoms with Crippen molar-refractivity contribution in [2.75, 3.05) is 0 Å². The van der Waals surface area contributed by atoms with E-state index in [0.717, 1.165) is 18.4 Å². The number of nitrogens with two attached hydrogens (primary N) is 1. The van der Waals surface area contributed by atoms with E-state index in [1.54, 1.807) is 30.3 Å². The van der Waals surface area contributed by atoms with Crippen molar-refractivity contribution in [3.8, 4) is 11.1 Å². The molecule has 0 heterocycles. The van der Waals surface area contributed by atoms with Crippen LogP contribution in [-0.4, -0.2) is 6.04 Å². The second-order valence-electron chi connectivity index (χ2n) is 5.62. The molecule has 2 aromatic carbocycles. The number of rotatable bonds is 3. The van der Waals surface area contributed by atoms with Crippen LogP contribution in [0.3, 0.4) is 0 Å². The Labute approximate surface area is 117 Å². The Morgan fingerprint density at radius 3 is 2.25 bits per heavy atom. The Morgan fingerprint density at radius 1 is 1.00 bits per heavy atom. The van der Waals surface area contributed by atoms with Crippen LogP contribution in [-0.2, 0) is 5.41 Å². The van der Waals surface area contributed by atoms with Gasteiger partial charge < -0.3 is 5.73 Å². The normalized spacial score (nSPS) is 17.8. The Morgan fingerprint density at radius 2 is 1.65 bits per heavy atom. The summed E-state index contributed by atoms with van der Waals surface area (Å²) in [5.41, 5.74) is 7.61. The second-order valence-corrected chi connectivity index (χ2v) is 5.62. The predicted octanol–water partition coefficient (Wildman–Crippen LogP) is 4.01. The largest absolute Gasteiger partial charge is 0.327 e. The molecule has 1 unspecified atom stereocenters. The Bertz CT molecular complexity index is 645. The molecular formula is C17H17F2N. The van der Waals surface area contributed by atoms with Crippen molar-refractivity contribution in [3.63, 3.8) is 0 Å². The molecule has 1 aliphatic rings. The molecule has 0 amide bonds. The first kappa shape index (κ1) is 13.3. The van der Waals surface area contributed by atoms with Crippen LogP contribution in [0.2, 0.25) is 0 Å². The van der Waals surface area contributed by atoms with E-state index >= 15 is 0 Å². The minimum Gasteiger partial charge on any atom is -0.327 e. The van der Waals surface area contributed by atoms with Crippen molar-refractivity contribution >= 4 is 0 Å². The summed E-state index contributed by atoms with van der Waals surface area (Å²) in [7, 11) is 0. The van der Waals surface area contributed by atoms with E-state index in [2.05, 4.69) is 0 Å². The topological polar surface area (TPSA) is 26.0 Å². The van der Waals surface area contributed by atoms with Crippen LogP contribution in [0.25, 0.3) is 11.1 Å². The first-order chi connectivity index (χ1) is 9.54. The molecular weight excluding hydrogens is 256 g/mol. The van der Waals surface area contributed by atoms with E-state index in [-0.39, 0.29) is 11.5 Å². The SMILES string of the molecule is CC(N)C1(c2ccc(F)c(-c3ccccc3F)c2)CC1. The summed E-state index contributed by atoms with van der Waals surface area (Å²) in [5, 5.41) is 0. The third-order valence-electron chi connectivity index (χ3n) is 4.37. The van der Waals surface area contributed by atoms with Gasteiger partial charge in [-0.15, -0.1) is 0 Å². The molecule has 0 spiro atoms. The first-order valence-electron chi connectivity index (χ1n) is 6.85. The lowest BCUT2D eigenvalue weighted by atomic mass is 9.87. The summed E-state index contributed by atoms with van der Waals surface area (Å²) in [6, 6.07) is 11.2. The van der Waals surface area contributed by atoms with Crippen molar-refractivity contribution in [2.45, 2.75) is 31.2 Å². The van der Waals surface area contributed by atoms with Gasteiger partial charge in [0.2, 0.25) is 0 Å². The zero-order chi connectivity index (χ0) is 14.3. The fourth-order valence-electron chi connectivity index (χ4n) is 2.86. The number of hydrogen-bond donors (Lipinski definition) is 1. The molecule has 1 nitrogen and oxygen atoms in total. The lowest BCUT2D eigenvalue weighted by molar-refractivity contribution is 0.554. The Balaban J connectivity index is 2.11. The van der Waals surface area contributed by atoms with Gasteiger partial charge in [-0.2, -0.15) is 0 Å². The van der Waals surface area contributed by atoms with Crippen molar-refractivity contribution in [3.05, 3.63) is 59.7 Å². The summed E-state index contributed by atoms with van der Waals surface area (Å²) in [6.07, 6.45) is 2.01. The summed E-state index contributed by atoms with van der Waals surface area (Å²) < 4.78 is 27.9. The number of halogens is 2. The molecule has 0 bridgehead atoms. The molecule has 104 valence electrons. The van der Waals surface area contributed by atoms with Gasteiger partial charge in [-0.25, -0.2) is 8.78 Å². The van der Waals surface area contributed by atoms with Crippen LogP contribution in [0.1, 0.15) is 25.3 Å². The summed E-state index contributed by atoms with van der Waals surface area (Å²) in [6.45, 7) is 1.97. The van der Waals surface area contributed by atoms with Crippen LogP contribution in [0, 0.1) is 11.6 Å². The smallest absolute Gasteiger partial charge is 0.131 e. The molecule has 0 aromatic heterocycles. The van der Waals surface area contributed by atoms with Gasteiger partial charge in [-0.05, 0) is 43.5 Å². The van der Waals surface area contributed by atoms with Crippen LogP contribution >= 0.6 is 0 Å². The zero-order valence-corrected chi connectivity index (χ0v) is 11.4. The average Bonchev–Trinajstić information content (AvgIpc) is 3.22. The molecule has 1 fully saturated rings. The first-order valence-corrected chi connectivity index (χ1v) is 6.85. The van der Waals surface area contributed by atoms with E-state index in [4.69, 9.17) is 5.73 Å². The maximum Gasteiger partial charge on any atom is 0.131 e. The van der Waals surface area contributed by atoms with Crippen LogP contribution < -0.4 is 5.73 Å². The number of benzene rings is 2. The third-order valence-corrected chi connectivity index (χ3v) is 4.37. The van der Waals surface area contributed by atoms with E-state index < -0.39 is 11.6 Å². The van der Waals surface area contributed by atoms with Crippen molar-refractivity contribution < 1.29 is 8.78 Å². The van der Waals surface area contributed by atoms with Gasteiger partial charge in [0.25, 0.3) is 0 Å². The molecule has 3 rings (SSSR count). The van der Waals surface area contributed by atoms with Crippen molar-refractivity contribution in [1.29, 1.82) is 0 Å². The minimum absolute atomic E-state index is 0.0152. The molecule has 0 saturated heterocycles. The molecule has 1 aliphatic carbocycles. The van der Waals surface area contributed by atoms with Gasteiger partial charge in [0.05, 0.1) is 0 Å². The molecule has 2 N–H and O–H groups in total. The Kier molecular flexibility index (Phi) is 3.09. The predicted molar refractivity (Wildman–Crippen MR) is 76.4 cm³/mol. The molecule has 1 saturated carbocycles. The minimum atomic E-state index is -0.408. The fourth-order valence-corrected chi connectivity index (χ4v) is 2.86. The highest BCUT2D eigenvalue weighted by atomic mass is 19.1. The van der Waals surface area contributed by atoms with Gasteiger partial charge in [-0.3, -0.25) is 0 Å². The lowest BCUT2D eigenvalue weighted by Gasteiger charge is -2.21. The summed E-state index contributed by atoms with van der Waals surface area (Å²) in [4.78, 5) is 0. The zero-order valence-electron chi connectivity index (χ0n) is 11.4. The van der Waals surface area contributed by atoms with Gasteiger partial charge in [0.15, 0.2) is 0 Å².